The molecular weight excluding hydrogens is 639 g/mol. The van der Waals surface area contributed by atoms with Crippen LogP contribution in [0.5, 0.6) is 0 Å². The minimum absolute atomic E-state index is 0.910. The summed E-state index contributed by atoms with van der Waals surface area (Å²) < 4.78 is 9.10. The van der Waals surface area contributed by atoms with Gasteiger partial charge in [0.2, 0.25) is 0 Å². The zero-order valence-corrected chi connectivity index (χ0v) is 28.5. The molecule has 0 amide bonds. The summed E-state index contributed by atoms with van der Waals surface area (Å²) in [5.74, 6) is 0. The Morgan fingerprint density at radius 1 is 0.353 bits per heavy atom. The first kappa shape index (κ1) is 29.5. The molecule has 240 valence electrons. The molecule has 8 aromatic carbocycles. The van der Waals surface area contributed by atoms with Gasteiger partial charge in [-0.25, -0.2) is 0 Å². The topological polar surface area (TPSA) is 16.4 Å². The van der Waals surface area contributed by atoms with Crippen LogP contribution >= 0.6 is 11.3 Å². The summed E-state index contributed by atoms with van der Waals surface area (Å²) in [5, 5.41) is 4.92. The normalized spacial score (nSPS) is 11.5. The summed E-state index contributed by atoms with van der Waals surface area (Å²) in [5.41, 5.74) is 12.2. The minimum atomic E-state index is 0.910. The first-order valence-electron chi connectivity index (χ1n) is 17.3. The molecule has 51 heavy (non-hydrogen) atoms. The molecule has 0 atom stereocenters. The Morgan fingerprint density at radius 2 is 0.882 bits per heavy atom. The fourth-order valence-corrected chi connectivity index (χ4v) is 8.75. The zero-order valence-electron chi connectivity index (χ0n) is 27.7. The number of hydrogen-bond donors (Lipinski definition) is 0. The van der Waals surface area contributed by atoms with E-state index in [2.05, 4.69) is 181 Å². The van der Waals surface area contributed by atoms with Crippen LogP contribution in [0.2, 0.25) is 0 Å². The Morgan fingerprint density at radius 3 is 1.65 bits per heavy atom. The van der Waals surface area contributed by atoms with Crippen LogP contribution in [0.3, 0.4) is 0 Å². The average Bonchev–Trinajstić information content (AvgIpc) is 3.78. The van der Waals surface area contributed by atoms with Crippen molar-refractivity contribution < 1.29 is 4.42 Å². The van der Waals surface area contributed by atoms with Gasteiger partial charge in [-0.3, -0.25) is 0 Å². The van der Waals surface area contributed by atoms with Crippen LogP contribution in [0.15, 0.2) is 192 Å². The zero-order chi connectivity index (χ0) is 33.7. The van der Waals surface area contributed by atoms with Gasteiger partial charge in [-0.1, -0.05) is 140 Å². The van der Waals surface area contributed by atoms with Crippen molar-refractivity contribution in [3.63, 3.8) is 0 Å². The third-order valence-corrected chi connectivity index (χ3v) is 11.1. The third-order valence-electron chi connectivity index (χ3n) is 9.91. The Labute approximate surface area is 300 Å². The van der Waals surface area contributed by atoms with E-state index < -0.39 is 0 Å². The van der Waals surface area contributed by atoms with Gasteiger partial charge in [0, 0.05) is 53.6 Å². The van der Waals surface area contributed by atoms with Crippen LogP contribution < -0.4 is 4.90 Å². The molecule has 10 rings (SSSR count). The highest BCUT2D eigenvalue weighted by Gasteiger charge is 2.17. The summed E-state index contributed by atoms with van der Waals surface area (Å²) in [7, 11) is 0. The van der Waals surface area contributed by atoms with E-state index in [1.54, 1.807) is 0 Å². The fourth-order valence-electron chi connectivity index (χ4n) is 7.51. The number of fused-ring (bicyclic) bond motifs is 6. The number of nitrogens with zero attached hydrogens (tertiary/aromatic N) is 1. The number of benzene rings is 8. The van der Waals surface area contributed by atoms with E-state index in [0.29, 0.717) is 0 Å². The molecule has 0 aliphatic rings. The standard InChI is InChI=1S/C48H31NOS/c1-2-12-34(13-3-1)49(36-30-26-33(27-31-36)38-18-10-21-44-41-17-7-9-23-46(41)51-48(38)44)35-28-24-32(25-29-35)37-14-4-5-15-39(37)42-19-11-20-43-40-16-6-8-22-45(40)50-47(42)43/h1-31H. The van der Waals surface area contributed by atoms with Gasteiger partial charge >= 0.3 is 0 Å². The first-order valence-corrected chi connectivity index (χ1v) is 18.1. The lowest BCUT2D eigenvalue weighted by Crippen LogP contribution is -2.09. The van der Waals surface area contributed by atoms with Gasteiger partial charge in [0.05, 0.1) is 0 Å². The van der Waals surface area contributed by atoms with E-state index in [4.69, 9.17) is 4.42 Å². The maximum atomic E-state index is 6.44. The third kappa shape index (κ3) is 5.01. The molecule has 0 unspecified atom stereocenters. The smallest absolute Gasteiger partial charge is 0.143 e. The molecule has 2 nitrogen and oxygen atoms in total. The summed E-state index contributed by atoms with van der Waals surface area (Å²) in [6, 6.07) is 67.2. The first-order chi connectivity index (χ1) is 25.3. The molecule has 10 aromatic rings. The molecular formula is C48H31NOS. The second-order valence-corrected chi connectivity index (χ2v) is 13.9. The van der Waals surface area contributed by atoms with Gasteiger partial charge in [-0.2, -0.15) is 0 Å². The second kappa shape index (κ2) is 12.2. The van der Waals surface area contributed by atoms with Gasteiger partial charge in [0.15, 0.2) is 0 Å². The number of furan rings is 1. The predicted octanol–water partition coefficient (Wildman–Crippen LogP) is 14.4. The molecule has 2 aromatic heterocycles. The fraction of sp³-hybridized carbons (Fsp3) is 0. The summed E-state index contributed by atoms with van der Waals surface area (Å²) in [6.07, 6.45) is 0. The highest BCUT2D eigenvalue weighted by Crippen LogP contribution is 2.43. The molecule has 0 spiro atoms. The highest BCUT2D eigenvalue weighted by molar-refractivity contribution is 7.26. The summed E-state index contributed by atoms with van der Waals surface area (Å²) in [6.45, 7) is 0. The monoisotopic (exact) mass is 669 g/mol. The Balaban J connectivity index is 1.03. The average molecular weight is 670 g/mol. The highest BCUT2D eigenvalue weighted by atomic mass is 32.1. The Kier molecular flexibility index (Phi) is 7.04. The van der Waals surface area contributed by atoms with E-state index in [1.807, 2.05) is 23.5 Å². The summed E-state index contributed by atoms with van der Waals surface area (Å²) in [4.78, 5) is 2.33. The number of rotatable bonds is 6. The van der Waals surface area contributed by atoms with Crippen molar-refractivity contribution in [2.75, 3.05) is 4.90 Å². The van der Waals surface area contributed by atoms with Crippen molar-refractivity contribution in [2.24, 2.45) is 0 Å². The van der Waals surface area contributed by atoms with Gasteiger partial charge in [0.25, 0.3) is 0 Å². The molecule has 0 aliphatic carbocycles. The molecule has 3 heteroatoms. The lowest BCUT2D eigenvalue weighted by Gasteiger charge is -2.26. The van der Waals surface area contributed by atoms with Crippen LogP contribution in [-0.4, -0.2) is 0 Å². The molecule has 0 saturated carbocycles. The molecule has 0 fully saturated rings. The molecule has 0 radical (unpaired) electrons. The van der Waals surface area contributed by atoms with Crippen LogP contribution in [-0.2, 0) is 0 Å². The molecule has 2 heterocycles. The van der Waals surface area contributed by atoms with Crippen molar-refractivity contribution >= 4 is 70.5 Å². The quantitative estimate of drug-likeness (QED) is 0.175. The molecule has 0 saturated heterocycles. The van der Waals surface area contributed by atoms with E-state index in [-0.39, 0.29) is 0 Å². The van der Waals surface area contributed by atoms with Crippen molar-refractivity contribution in [1.29, 1.82) is 0 Å². The largest absolute Gasteiger partial charge is 0.455 e. The SMILES string of the molecule is c1ccc(N(c2ccc(-c3ccccc3-c3cccc4c3oc3ccccc34)cc2)c2ccc(-c3cccc4c3sc3ccccc34)cc2)cc1. The number of hydrogen-bond acceptors (Lipinski definition) is 3. The maximum Gasteiger partial charge on any atom is 0.143 e. The lowest BCUT2D eigenvalue weighted by atomic mass is 9.93. The van der Waals surface area contributed by atoms with Gasteiger partial charge < -0.3 is 9.32 Å². The lowest BCUT2D eigenvalue weighted by molar-refractivity contribution is 0.670. The number of anilines is 3. The number of para-hydroxylation sites is 3. The Hall–Kier alpha value is -6.42. The minimum Gasteiger partial charge on any atom is -0.455 e. The Bertz CT molecular complexity index is 2850. The van der Waals surface area contributed by atoms with Crippen molar-refractivity contribution in [2.45, 2.75) is 0 Å². The van der Waals surface area contributed by atoms with E-state index in [0.717, 1.165) is 55.7 Å². The molecule has 0 N–H and O–H groups in total. The van der Waals surface area contributed by atoms with Crippen LogP contribution in [0.25, 0.3) is 75.5 Å². The van der Waals surface area contributed by atoms with Crippen LogP contribution in [0.1, 0.15) is 0 Å². The molecule has 0 bridgehead atoms. The van der Waals surface area contributed by atoms with Crippen LogP contribution in [0, 0.1) is 0 Å². The van der Waals surface area contributed by atoms with Crippen molar-refractivity contribution in [1.82, 2.24) is 0 Å². The predicted molar refractivity (Wildman–Crippen MR) is 218 cm³/mol. The maximum absolute atomic E-state index is 6.44. The summed E-state index contributed by atoms with van der Waals surface area (Å²) >= 11 is 1.87. The molecule has 0 aliphatic heterocycles. The van der Waals surface area contributed by atoms with Crippen LogP contribution in [0.4, 0.5) is 17.1 Å². The van der Waals surface area contributed by atoms with Gasteiger partial charge in [-0.05, 0) is 76.3 Å². The van der Waals surface area contributed by atoms with E-state index in [9.17, 15) is 0 Å². The van der Waals surface area contributed by atoms with E-state index in [1.165, 1.54) is 36.9 Å². The van der Waals surface area contributed by atoms with Gasteiger partial charge in [0.1, 0.15) is 11.2 Å². The second-order valence-electron chi connectivity index (χ2n) is 12.9. The van der Waals surface area contributed by atoms with Crippen molar-refractivity contribution in [3.8, 4) is 33.4 Å². The van der Waals surface area contributed by atoms with Gasteiger partial charge in [-0.15, -0.1) is 11.3 Å². The number of thiophene rings is 1. The van der Waals surface area contributed by atoms with E-state index >= 15 is 0 Å². The van der Waals surface area contributed by atoms with Crippen molar-refractivity contribution in [3.05, 3.63) is 188 Å².